The third-order valence-corrected chi connectivity index (χ3v) is 5.69. The average molecular weight is 355 g/mol. The van der Waals surface area contributed by atoms with Crippen molar-refractivity contribution in [2.45, 2.75) is 33.1 Å². The van der Waals surface area contributed by atoms with Gasteiger partial charge in [-0.25, -0.2) is 8.42 Å². The molecule has 6 nitrogen and oxygen atoms in total. The number of rotatable bonds is 7. The monoisotopic (exact) mass is 355 g/mol. The Morgan fingerprint density at radius 1 is 1.12 bits per heavy atom. The van der Waals surface area contributed by atoms with Crippen molar-refractivity contribution in [1.82, 2.24) is 0 Å². The molecule has 0 saturated carbocycles. The first-order chi connectivity index (χ1) is 11.4. The molecule has 1 amide bonds. The highest BCUT2D eigenvalue weighted by molar-refractivity contribution is 7.91. The Hall–Kier alpha value is -1.76. The number of amides is 1. The zero-order valence-electron chi connectivity index (χ0n) is 14.2. The lowest BCUT2D eigenvalue weighted by Gasteiger charge is -2.21. The maximum absolute atomic E-state index is 12.2. The van der Waals surface area contributed by atoms with Crippen LogP contribution in [-0.4, -0.2) is 39.0 Å². The molecule has 0 unspecified atom stereocenters. The van der Waals surface area contributed by atoms with Gasteiger partial charge in [-0.1, -0.05) is 0 Å². The van der Waals surface area contributed by atoms with E-state index < -0.39 is 9.84 Å². The molecule has 7 heteroatoms. The largest absolute Gasteiger partial charge is 0.490 e. The lowest BCUT2D eigenvalue weighted by atomic mass is 9.98. The molecule has 1 N–H and O–H groups in total. The molecule has 1 saturated heterocycles. The van der Waals surface area contributed by atoms with E-state index in [9.17, 15) is 13.2 Å². The van der Waals surface area contributed by atoms with Gasteiger partial charge in [-0.3, -0.25) is 4.79 Å². The minimum Gasteiger partial charge on any atom is -0.490 e. The standard InChI is InChI=1S/C17H25NO5S/c1-3-22-15-6-5-14(12-16(15)23-4-2)18-17(19)11-13-7-9-24(20,21)10-8-13/h5-6,12-13H,3-4,7-11H2,1-2H3,(H,18,19). The molecule has 0 radical (unpaired) electrons. The molecular formula is C17H25NO5S. The molecule has 1 aliphatic rings. The van der Waals surface area contributed by atoms with Gasteiger partial charge in [0.05, 0.1) is 24.7 Å². The summed E-state index contributed by atoms with van der Waals surface area (Å²) in [6, 6.07) is 5.30. The fourth-order valence-electron chi connectivity index (χ4n) is 2.75. The molecule has 0 aromatic heterocycles. The average Bonchev–Trinajstić information content (AvgIpc) is 2.52. The van der Waals surface area contributed by atoms with Crippen LogP contribution in [0.15, 0.2) is 18.2 Å². The molecular weight excluding hydrogens is 330 g/mol. The summed E-state index contributed by atoms with van der Waals surface area (Å²) in [5, 5.41) is 2.85. The molecule has 1 fully saturated rings. The number of sulfone groups is 1. The Morgan fingerprint density at radius 3 is 2.38 bits per heavy atom. The molecule has 24 heavy (non-hydrogen) atoms. The first-order valence-electron chi connectivity index (χ1n) is 8.33. The number of carbonyl (C=O) groups excluding carboxylic acids is 1. The van der Waals surface area contributed by atoms with Crippen LogP contribution in [0.2, 0.25) is 0 Å². The van der Waals surface area contributed by atoms with Crippen LogP contribution in [-0.2, 0) is 14.6 Å². The van der Waals surface area contributed by atoms with Gasteiger partial charge < -0.3 is 14.8 Å². The Bertz CT molecular complexity index is 658. The quantitative estimate of drug-likeness (QED) is 0.813. The first kappa shape index (κ1) is 18.6. The molecule has 0 spiro atoms. The van der Waals surface area contributed by atoms with Crippen molar-refractivity contribution >= 4 is 21.4 Å². The lowest BCUT2D eigenvalue weighted by molar-refractivity contribution is -0.117. The fourth-order valence-corrected chi connectivity index (χ4v) is 4.34. The molecule has 0 bridgehead atoms. The second kappa shape index (κ2) is 8.37. The van der Waals surface area contributed by atoms with Gasteiger partial charge in [-0.05, 0) is 44.7 Å². The van der Waals surface area contributed by atoms with Gasteiger partial charge in [0.15, 0.2) is 11.5 Å². The summed E-state index contributed by atoms with van der Waals surface area (Å²) in [7, 11) is -2.89. The summed E-state index contributed by atoms with van der Waals surface area (Å²) in [6.07, 6.45) is 1.46. The van der Waals surface area contributed by atoms with Crippen molar-refractivity contribution in [3.8, 4) is 11.5 Å². The fraction of sp³-hybridized carbons (Fsp3) is 0.588. The maximum Gasteiger partial charge on any atom is 0.224 e. The zero-order chi connectivity index (χ0) is 17.6. The summed E-state index contributed by atoms with van der Waals surface area (Å²) in [6.45, 7) is 4.83. The Morgan fingerprint density at radius 2 is 1.75 bits per heavy atom. The smallest absolute Gasteiger partial charge is 0.224 e. The minimum absolute atomic E-state index is 0.106. The Labute approximate surface area is 143 Å². The highest BCUT2D eigenvalue weighted by atomic mass is 32.2. The number of nitrogens with one attached hydrogen (secondary N) is 1. The van der Waals surface area contributed by atoms with Crippen molar-refractivity contribution in [2.75, 3.05) is 30.0 Å². The molecule has 1 aromatic carbocycles. The van der Waals surface area contributed by atoms with E-state index in [0.717, 1.165) is 0 Å². The van der Waals surface area contributed by atoms with E-state index in [1.165, 1.54) is 0 Å². The number of anilines is 1. The van der Waals surface area contributed by atoms with Gasteiger partial charge in [-0.15, -0.1) is 0 Å². The molecule has 134 valence electrons. The third kappa shape index (κ3) is 5.40. The van der Waals surface area contributed by atoms with Crippen molar-refractivity contribution in [3.05, 3.63) is 18.2 Å². The van der Waals surface area contributed by atoms with E-state index in [-0.39, 0.29) is 23.3 Å². The van der Waals surface area contributed by atoms with Crippen molar-refractivity contribution in [3.63, 3.8) is 0 Å². The van der Waals surface area contributed by atoms with Crippen LogP contribution in [0.25, 0.3) is 0 Å². The van der Waals surface area contributed by atoms with E-state index in [2.05, 4.69) is 5.32 Å². The van der Waals surface area contributed by atoms with Crippen molar-refractivity contribution in [2.24, 2.45) is 5.92 Å². The van der Waals surface area contributed by atoms with Gasteiger partial charge in [0, 0.05) is 18.2 Å². The van der Waals surface area contributed by atoms with Crippen molar-refractivity contribution < 1.29 is 22.7 Å². The van der Waals surface area contributed by atoms with Crippen molar-refractivity contribution in [1.29, 1.82) is 0 Å². The summed E-state index contributed by atoms with van der Waals surface area (Å²) >= 11 is 0. The van der Waals surface area contributed by atoms with Crippen LogP contribution in [0.4, 0.5) is 5.69 Å². The van der Waals surface area contributed by atoms with E-state index in [1.54, 1.807) is 18.2 Å². The van der Waals surface area contributed by atoms with Crippen LogP contribution >= 0.6 is 0 Å². The maximum atomic E-state index is 12.2. The second-order valence-corrected chi connectivity index (χ2v) is 8.18. The predicted molar refractivity (Wildman–Crippen MR) is 93.4 cm³/mol. The first-order valence-corrected chi connectivity index (χ1v) is 10.2. The molecule has 0 aliphatic carbocycles. The zero-order valence-corrected chi connectivity index (χ0v) is 15.0. The van der Waals surface area contributed by atoms with Gasteiger partial charge >= 0.3 is 0 Å². The predicted octanol–water partition coefficient (Wildman–Crippen LogP) is 2.64. The normalized spacial score (nSPS) is 17.2. The summed E-state index contributed by atoms with van der Waals surface area (Å²) in [4.78, 5) is 12.2. The third-order valence-electron chi connectivity index (χ3n) is 3.98. The highest BCUT2D eigenvalue weighted by Crippen LogP contribution is 2.31. The number of carbonyl (C=O) groups is 1. The second-order valence-electron chi connectivity index (χ2n) is 5.88. The summed E-state index contributed by atoms with van der Waals surface area (Å²) < 4.78 is 33.9. The van der Waals surface area contributed by atoms with Crippen LogP contribution in [0, 0.1) is 5.92 Å². The van der Waals surface area contributed by atoms with Gasteiger partial charge in [0.1, 0.15) is 9.84 Å². The lowest BCUT2D eigenvalue weighted by Crippen LogP contribution is -2.26. The minimum atomic E-state index is -2.89. The highest BCUT2D eigenvalue weighted by Gasteiger charge is 2.25. The number of hydrogen-bond acceptors (Lipinski definition) is 5. The molecule has 2 rings (SSSR count). The molecule has 1 aliphatic heterocycles. The van der Waals surface area contributed by atoms with E-state index >= 15 is 0 Å². The van der Waals surface area contributed by atoms with E-state index in [0.29, 0.717) is 49.7 Å². The molecule has 1 aromatic rings. The van der Waals surface area contributed by atoms with Gasteiger partial charge in [0.2, 0.25) is 5.91 Å². The number of ether oxygens (including phenoxy) is 2. The number of hydrogen-bond donors (Lipinski definition) is 1. The van der Waals surface area contributed by atoms with Crippen LogP contribution in [0.1, 0.15) is 33.1 Å². The topological polar surface area (TPSA) is 81.7 Å². The Kier molecular flexibility index (Phi) is 6.48. The van der Waals surface area contributed by atoms with Crippen LogP contribution in [0.5, 0.6) is 11.5 Å². The Balaban J connectivity index is 1.95. The SMILES string of the molecule is CCOc1ccc(NC(=O)CC2CCS(=O)(=O)CC2)cc1OCC. The van der Waals surface area contributed by atoms with Gasteiger partial charge in [0.25, 0.3) is 0 Å². The number of benzene rings is 1. The van der Waals surface area contributed by atoms with E-state index in [1.807, 2.05) is 13.8 Å². The van der Waals surface area contributed by atoms with Crippen LogP contribution < -0.4 is 14.8 Å². The van der Waals surface area contributed by atoms with E-state index in [4.69, 9.17) is 9.47 Å². The summed E-state index contributed by atoms with van der Waals surface area (Å²) in [5.74, 6) is 1.63. The summed E-state index contributed by atoms with van der Waals surface area (Å²) in [5.41, 5.74) is 0.648. The van der Waals surface area contributed by atoms with Crippen LogP contribution in [0.3, 0.4) is 0 Å². The molecule has 0 atom stereocenters. The van der Waals surface area contributed by atoms with Gasteiger partial charge in [-0.2, -0.15) is 0 Å². The molecule has 1 heterocycles.